The maximum Gasteiger partial charge on any atom is 0.144 e. The number of pyridine rings is 1. The van der Waals surface area contributed by atoms with Gasteiger partial charge in [-0.2, -0.15) is 0 Å². The first-order valence-electron chi connectivity index (χ1n) is 12.0. The van der Waals surface area contributed by atoms with Gasteiger partial charge in [0.05, 0.1) is 5.03 Å². The highest BCUT2D eigenvalue weighted by Gasteiger charge is 2.47. The average Bonchev–Trinajstić information content (AvgIpc) is 3.57. The Bertz CT molecular complexity index is 983. The van der Waals surface area contributed by atoms with E-state index in [0.29, 0.717) is 5.92 Å². The van der Waals surface area contributed by atoms with Gasteiger partial charge in [-0.15, -0.1) is 11.8 Å². The second-order valence-electron chi connectivity index (χ2n) is 10.9. The molecule has 5 rings (SSSR count). The molecule has 1 aromatic carbocycles. The summed E-state index contributed by atoms with van der Waals surface area (Å²) in [6.07, 6.45) is 10.4. The van der Waals surface area contributed by atoms with Gasteiger partial charge < -0.3 is 4.55 Å². The fourth-order valence-electron chi connectivity index (χ4n) is 5.13. The van der Waals surface area contributed by atoms with Gasteiger partial charge in [-0.25, -0.2) is 4.98 Å². The molecule has 0 amide bonds. The van der Waals surface area contributed by atoms with Gasteiger partial charge in [-0.3, -0.25) is 0 Å². The van der Waals surface area contributed by atoms with Crippen molar-refractivity contribution in [2.45, 2.75) is 81.4 Å². The summed E-state index contributed by atoms with van der Waals surface area (Å²) in [5.74, 6) is 2.71. The third kappa shape index (κ3) is 4.67. The standard InChI is InChI=1S/C27H34N2OS2/c1-26(2,3)32(30)29-25-23-7-5-4-6-21(23)16-27(25)14-12-20(13-15-27)22-10-11-24(28-17-22)31-18-19-8-9-19/h4-7,10-11,17,19-20H,8-9,12-16,18H2,1-3H3/b29-25+. The first-order valence-corrected chi connectivity index (χ1v) is 14.1. The maximum absolute atomic E-state index is 13.0. The summed E-state index contributed by atoms with van der Waals surface area (Å²) in [6.45, 7) is 6.03. The minimum atomic E-state index is -1.24. The van der Waals surface area contributed by atoms with Gasteiger partial charge in [-0.05, 0) is 94.7 Å². The number of thioether (sulfide) groups is 1. The van der Waals surface area contributed by atoms with Crippen LogP contribution in [0.1, 0.15) is 81.9 Å². The number of aromatic nitrogens is 1. The molecule has 0 saturated heterocycles. The molecule has 0 N–H and O–H groups in total. The third-order valence-corrected chi connectivity index (χ3v) is 9.91. The Morgan fingerprint density at radius 3 is 2.50 bits per heavy atom. The van der Waals surface area contributed by atoms with Crippen molar-refractivity contribution in [3.63, 3.8) is 0 Å². The van der Waals surface area contributed by atoms with Crippen molar-refractivity contribution in [2.75, 3.05) is 5.75 Å². The van der Waals surface area contributed by atoms with Crippen LogP contribution in [0, 0.1) is 11.3 Å². The van der Waals surface area contributed by atoms with Crippen molar-refractivity contribution in [1.29, 1.82) is 0 Å². The third-order valence-electron chi connectivity index (χ3n) is 7.34. The normalized spacial score (nSPS) is 27.6. The van der Waals surface area contributed by atoms with Crippen LogP contribution in [0.15, 0.2) is 52.0 Å². The van der Waals surface area contributed by atoms with Crippen molar-refractivity contribution < 1.29 is 4.55 Å². The van der Waals surface area contributed by atoms with Gasteiger partial charge >= 0.3 is 0 Å². The molecule has 3 nitrogen and oxygen atoms in total. The van der Waals surface area contributed by atoms with E-state index in [4.69, 9.17) is 9.38 Å². The van der Waals surface area contributed by atoms with Crippen molar-refractivity contribution in [2.24, 2.45) is 15.7 Å². The van der Waals surface area contributed by atoms with Crippen LogP contribution in [0.2, 0.25) is 0 Å². The monoisotopic (exact) mass is 466 g/mol. The van der Waals surface area contributed by atoms with Crippen LogP contribution >= 0.6 is 11.8 Å². The van der Waals surface area contributed by atoms with E-state index in [1.165, 1.54) is 40.3 Å². The molecule has 3 aliphatic rings. The molecule has 0 aliphatic heterocycles. The second kappa shape index (κ2) is 8.81. The summed E-state index contributed by atoms with van der Waals surface area (Å²) in [6, 6.07) is 13.1. The van der Waals surface area contributed by atoms with E-state index in [0.717, 1.165) is 43.7 Å². The largest absolute Gasteiger partial charge is 0.591 e. The molecule has 170 valence electrons. The van der Waals surface area contributed by atoms with Crippen LogP contribution in [-0.4, -0.2) is 25.7 Å². The zero-order chi connectivity index (χ0) is 22.3. The molecular weight excluding hydrogens is 432 g/mol. The number of hydrogen-bond acceptors (Lipinski definition) is 4. The molecule has 2 saturated carbocycles. The lowest BCUT2D eigenvalue weighted by molar-refractivity contribution is 0.266. The fraction of sp³-hybridized carbons (Fsp3) is 0.556. The average molecular weight is 467 g/mol. The molecule has 32 heavy (non-hydrogen) atoms. The van der Waals surface area contributed by atoms with Crippen LogP contribution < -0.4 is 0 Å². The number of fused-ring (bicyclic) bond motifs is 1. The van der Waals surface area contributed by atoms with Crippen molar-refractivity contribution in [1.82, 2.24) is 4.98 Å². The first-order chi connectivity index (χ1) is 15.3. The minimum absolute atomic E-state index is 0.0363. The van der Waals surface area contributed by atoms with Gasteiger partial charge in [0.25, 0.3) is 0 Å². The van der Waals surface area contributed by atoms with Gasteiger partial charge in [0, 0.05) is 22.9 Å². The van der Waals surface area contributed by atoms with Crippen LogP contribution in [0.4, 0.5) is 0 Å². The predicted molar refractivity (Wildman–Crippen MR) is 136 cm³/mol. The molecule has 5 heteroatoms. The summed E-state index contributed by atoms with van der Waals surface area (Å²) < 4.78 is 17.5. The predicted octanol–water partition coefficient (Wildman–Crippen LogP) is 6.74. The summed E-state index contributed by atoms with van der Waals surface area (Å²) in [5.41, 5.74) is 5.11. The van der Waals surface area contributed by atoms with Crippen LogP contribution in [0.3, 0.4) is 0 Å². The maximum atomic E-state index is 13.0. The molecule has 1 aromatic heterocycles. The Kier molecular flexibility index (Phi) is 6.19. The zero-order valence-electron chi connectivity index (χ0n) is 19.5. The van der Waals surface area contributed by atoms with Crippen LogP contribution in [0.25, 0.3) is 0 Å². The SMILES string of the molecule is CC(C)(C)[S+]([O-])/N=C1\c2ccccc2CC12CCC(c1ccc(SCC3CC3)nc1)CC2. The highest BCUT2D eigenvalue weighted by atomic mass is 32.2. The molecule has 2 aromatic rings. The van der Waals surface area contributed by atoms with Gasteiger partial charge in [0.2, 0.25) is 0 Å². The molecule has 2 fully saturated rings. The summed E-state index contributed by atoms with van der Waals surface area (Å²) >= 11 is 0.672. The Balaban J connectivity index is 1.32. The Morgan fingerprint density at radius 2 is 1.84 bits per heavy atom. The van der Waals surface area contributed by atoms with Crippen molar-refractivity contribution in [3.05, 3.63) is 59.3 Å². The lowest BCUT2D eigenvalue weighted by atomic mass is 9.67. The molecule has 1 heterocycles. The molecule has 3 aliphatic carbocycles. The van der Waals surface area contributed by atoms with E-state index in [-0.39, 0.29) is 10.2 Å². The second-order valence-corrected chi connectivity index (χ2v) is 13.8. The number of rotatable bonds is 5. The molecular formula is C27H34N2OS2. The highest BCUT2D eigenvalue weighted by Crippen LogP contribution is 2.51. The molecule has 1 atom stereocenters. The fourth-order valence-corrected chi connectivity index (χ4v) is 6.89. The first kappa shape index (κ1) is 22.5. The summed E-state index contributed by atoms with van der Waals surface area (Å²) in [7, 11) is 0. The topological polar surface area (TPSA) is 48.3 Å². The summed E-state index contributed by atoms with van der Waals surface area (Å²) in [4.78, 5) is 4.76. The Hall–Kier alpha value is -1.30. The lowest BCUT2D eigenvalue weighted by Crippen LogP contribution is -2.35. The molecule has 1 unspecified atom stereocenters. The number of hydrogen-bond donors (Lipinski definition) is 0. The van der Waals surface area contributed by atoms with Crippen LogP contribution in [-0.2, 0) is 17.8 Å². The molecule has 0 radical (unpaired) electrons. The van der Waals surface area contributed by atoms with E-state index >= 15 is 0 Å². The van der Waals surface area contributed by atoms with E-state index in [2.05, 4.69) is 42.6 Å². The van der Waals surface area contributed by atoms with Crippen LogP contribution in [0.5, 0.6) is 0 Å². The number of nitrogens with zero attached hydrogens (tertiary/aromatic N) is 2. The van der Waals surface area contributed by atoms with Gasteiger partial charge in [-0.1, -0.05) is 34.7 Å². The smallest absolute Gasteiger partial charge is 0.144 e. The quantitative estimate of drug-likeness (QED) is 0.362. The Labute approximate surface area is 200 Å². The molecule has 1 spiro atoms. The van der Waals surface area contributed by atoms with E-state index in [1.54, 1.807) is 0 Å². The van der Waals surface area contributed by atoms with E-state index in [9.17, 15) is 4.55 Å². The van der Waals surface area contributed by atoms with E-state index < -0.39 is 11.4 Å². The lowest BCUT2D eigenvalue weighted by Gasteiger charge is -2.37. The highest BCUT2D eigenvalue weighted by molar-refractivity contribution is 7.99. The van der Waals surface area contributed by atoms with Crippen molar-refractivity contribution in [3.8, 4) is 0 Å². The molecule has 0 bridgehead atoms. The Morgan fingerprint density at radius 1 is 1.09 bits per heavy atom. The van der Waals surface area contributed by atoms with Gasteiger partial charge in [0.1, 0.15) is 21.8 Å². The van der Waals surface area contributed by atoms with E-state index in [1.807, 2.05) is 32.5 Å². The minimum Gasteiger partial charge on any atom is -0.591 e. The zero-order valence-corrected chi connectivity index (χ0v) is 21.1. The van der Waals surface area contributed by atoms with Crippen molar-refractivity contribution >= 4 is 28.8 Å². The van der Waals surface area contributed by atoms with Gasteiger partial charge in [0.15, 0.2) is 0 Å². The summed E-state index contributed by atoms with van der Waals surface area (Å²) in [5, 5.41) is 1.17. The number of benzene rings is 1.